The number of allylic oxidation sites excluding steroid dienone is 1. The van der Waals surface area contributed by atoms with Gasteiger partial charge in [0.1, 0.15) is 5.78 Å². The monoisotopic (exact) mass is 306 g/mol. The fourth-order valence-corrected chi connectivity index (χ4v) is 2.75. The summed E-state index contributed by atoms with van der Waals surface area (Å²) in [5, 5.41) is 0. The molecule has 2 atom stereocenters. The van der Waals surface area contributed by atoms with Gasteiger partial charge in [-0.15, -0.1) is 6.58 Å². The summed E-state index contributed by atoms with van der Waals surface area (Å²) in [6, 6.07) is 18.6. The van der Waals surface area contributed by atoms with Crippen molar-refractivity contribution in [2.45, 2.75) is 19.8 Å². The van der Waals surface area contributed by atoms with Crippen molar-refractivity contribution in [3.05, 3.63) is 84.4 Å². The molecule has 0 aliphatic heterocycles. The van der Waals surface area contributed by atoms with Gasteiger partial charge in [-0.25, -0.2) is 0 Å². The van der Waals surface area contributed by atoms with Crippen LogP contribution in [0.1, 0.15) is 35.7 Å². The van der Waals surface area contributed by atoms with Crippen molar-refractivity contribution in [1.29, 1.82) is 0 Å². The van der Waals surface area contributed by atoms with E-state index in [1.165, 1.54) is 0 Å². The fourth-order valence-electron chi connectivity index (χ4n) is 2.75. The van der Waals surface area contributed by atoms with Crippen LogP contribution < -0.4 is 0 Å². The quantitative estimate of drug-likeness (QED) is 0.423. The van der Waals surface area contributed by atoms with Crippen LogP contribution in [0, 0.1) is 11.8 Å². The third-order valence-electron chi connectivity index (χ3n) is 4.01. The molecule has 0 amide bonds. The Hall–Kier alpha value is -2.48. The van der Waals surface area contributed by atoms with Gasteiger partial charge in [-0.05, 0) is 5.56 Å². The topological polar surface area (TPSA) is 34.1 Å². The number of Topliss-reactive ketones (excluding diaryl/α,β-unsaturated/α-hetero) is 2. The van der Waals surface area contributed by atoms with Crippen LogP contribution >= 0.6 is 0 Å². The molecule has 118 valence electrons. The second kappa shape index (κ2) is 7.68. The highest BCUT2D eigenvalue weighted by Gasteiger charge is 2.35. The number of rotatable bonds is 7. The molecule has 0 radical (unpaired) electrons. The highest BCUT2D eigenvalue weighted by atomic mass is 16.2. The van der Waals surface area contributed by atoms with E-state index in [0.29, 0.717) is 5.56 Å². The van der Waals surface area contributed by atoms with E-state index in [0.717, 1.165) is 5.56 Å². The van der Waals surface area contributed by atoms with Gasteiger partial charge in [0.05, 0.1) is 5.92 Å². The van der Waals surface area contributed by atoms with Gasteiger partial charge in [0.25, 0.3) is 0 Å². The van der Waals surface area contributed by atoms with Gasteiger partial charge in [0, 0.05) is 17.4 Å². The van der Waals surface area contributed by atoms with Crippen LogP contribution in [0.25, 0.3) is 0 Å². The van der Waals surface area contributed by atoms with Crippen molar-refractivity contribution >= 4 is 11.6 Å². The smallest absolute Gasteiger partial charge is 0.174 e. The number of hydrogen-bond acceptors (Lipinski definition) is 2. The van der Waals surface area contributed by atoms with Crippen molar-refractivity contribution < 1.29 is 9.59 Å². The van der Waals surface area contributed by atoms with Crippen LogP contribution in [0.2, 0.25) is 0 Å². The lowest BCUT2D eigenvalue weighted by Gasteiger charge is -2.24. The molecule has 0 unspecified atom stereocenters. The number of ketones is 2. The molecule has 0 heterocycles. The lowest BCUT2D eigenvalue weighted by molar-refractivity contribution is -0.124. The summed E-state index contributed by atoms with van der Waals surface area (Å²) >= 11 is 0. The molecule has 2 rings (SSSR count). The molecule has 0 spiro atoms. The molecule has 2 aromatic carbocycles. The molecule has 0 fully saturated rings. The molecule has 0 N–H and O–H groups in total. The number of carbonyl (C=O) groups excluding carboxylic acids is 2. The van der Waals surface area contributed by atoms with Gasteiger partial charge in [-0.1, -0.05) is 80.6 Å². The van der Waals surface area contributed by atoms with Crippen LogP contribution in [0.3, 0.4) is 0 Å². The van der Waals surface area contributed by atoms with E-state index in [1.807, 2.05) is 62.4 Å². The third-order valence-corrected chi connectivity index (χ3v) is 4.01. The van der Waals surface area contributed by atoms with E-state index >= 15 is 0 Å². The Morgan fingerprint density at radius 3 is 1.91 bits per heavy atom. The maximum atomic E-state index is 13.0. The predicted octanol–water partition coefficient (Wildman–Crippen LogP) is 4.68. The summed E-state index contributed by atoms with van der Waals surface area (Å²) < 4.78 is 0. The lowest BCUT2D eigenvalue weighted by Crippen LogP contribution is -2.32. The average molecular weight is 306 g/mol. The molecule has 2 nitrogen and oxygen atoms in total. The van der Waals surface area contributed by atoms with E-state index in [9.17, 15) is 9.59 Å². The highest BCUT2D eigenvalue weighted by Crippen LogP contribution is 2.31. The maximum absolute atomic E-state index is 13.0. The Labute approximate surface area is 137 Å². The zero-order chi connectivity index (χ0) is 16.8. The van der Waals surface area contributed by atoms with Crippen LogP contribution in [0.4, 0.5) is 0 Å². The van der Waals surface area contributed by atoms with E-state index in [1.54, 1.807) is 18.2 Å². The Morgan fingerprint density at radius 2 is 1.43 bits per heavy atom. The van der Waals surface area contributed by atoms with Crippen molar-refractivity contribution in [2.24, 2.45) is 11.8 Å². The van der Waals surface area contributed by atoms with Crippen molar-refractivity contribution in [1.82, 2.24) is 0 Å². The maximum Gasteiger partial charge on any atom is 0.174 e. The first kappa shape index (κ1) is 16.9. The molecule has 0 aliphatic rings. The van der Waals surface area contributed by atoms with Gasteiger partial charge in [0.15, 0.2) is 5.78 Å². The van der Waals surface area contributed by atoms with Gasteiger partial charge in [0.2, 0.25) is 0 Å². The average Bonchev–Trinajstić information content (AvgIpc) is 2.60. The van der Waals surface area contributed by atoms with Crippen molar-refractivity contribution in [3.63, 3.8) is 0 Å². The summed E-state index contributed by atoms with van der Waals surface area (Å²) in [4.78, 5) is 25.8. The van der Waals surface area contributed by atoms with E-state index in [-0.39, 0.29) is 23.4 Å². The first-order valence-corrected chi connectivity index (χ1v) is 7.86. The van der Waals surface area contributed by atoms with Gasteiger partial charge >= 0.3 is 0 Å². The standard InChI is InChI=1S/C21H22O2/c1-4-18(16-11-7-5-8-12-16)19(20(22)15(2)3)21(23)17-13-9-6-10-14-17/h4-15,18-19H,1H2,2-3H3/t18-,19+/m1/s1. The zero-order valence-corrected chi connectivity index (χ0v) is 13.6. The molecule has 0 saturated carbocycles. The predicted molar refractivity (Wildman–Crippen MR) is 93.5 cm³/mol. The molecule has 0 aliphatic carbocycles. The summed E-state index contributed by atoms with van der Waals surface area (Å²) in [6.07, 6.45) is 1.71. The molecule has 23 heavy (non-hydrogen) atoms. The fraction of sp³-hybridized carbons (Fsp3) is 0.238. The first-order chi connectivity index (χ1) is 11.1. The molecule has 0 bridgehead atoms. The molecule has 0 aromatic heterocycles. The van der Waals surface area contributed by atoms with Gasteiger partial charge in [-0.2, -0.15) is 0 Å². The van der Waals surface area contributed by atoms with Crippen LogP contribution in [-0.2, 0) is 4.79 Å². The summed E-state index contributed by atoms with van der Waals surface area (Å²) in [7, 11) is 0. The molecule has 0 saturated heterocycles. The van der Waals surface area contributed by atoms with E-state index < -0.39 is 5.92 Å². The Morgan fingerprint density at radius 1 is 0.913 bits per heavy atom. The third kappa shape index (κ3) is 3.84. The van der Waals surface area contributed by atoms with Crippen molar-refractivity contribution in [3.8, 4) is 0 Å². The minimum Gasteiger partial charge on any atom is -0.299 e. The lowest BCUT2D eigenvalue weighted by atomic mass is 9.76. The Kier molecular flexibility index (Phi) is 5.64. The van der Waals surface area contributed by atoms with Crippen molar-refractivity contribution in [2.75, 3.05) is 0 Å². The van der Waals surface area contributed by atoms with Gasteiger partial charge < -0.3 is 0 Å². The molecule has 2 heteroatoms. The second-order valence-electron chi connectivity index (χ2n) is 5.94. The minimum absolute atomic E-state index is 0.0485. The normalized spacial score (nSPS) is 13.3. The summed E-state index contributed by atoms with van der Waals surface area (Å²) in [5.74, 6) is -1.46. The minimum atomic E-state index is -0.739. The highest BCUT2D eigenvalue weighted by molar-refractivity contribution is 6.12. The Balaban J connectivity index is 2.47. The van der Waals surface area contributed by atoms with E-state index in [2.05, 4.69) is 6.58 Å². The SMILES string of the molecule is C=C[C@H](c1ccccc1)[C@H](C(=O)c1ccccc1)C(=O)C(C)C. The van der Waals surface area contributed by atoms with Crippen LogP contribution in [-0.4, -0.2) is 11.6 Å². The molecular weight excluding hydrogens is 284 g/mol. The summed E-state index contributed by atoms with van der Waals surface area (Å²) in [6.45, 7) is 7.54. The van der Waals surface area contributed by atoms with Crippen LogP contribution in [0.5, 0.6) is 0 Å². The number of benzene rings is 2. The second-order valence-corrected chi connectivity index (χ2v) is 5.94. The summed E-state index contributed by atoms with van der Waals surface area (Å²) in [5.41, 5.74) is 1.50. The number of carbonyl (C=O) groups is 2. The first-order valence-electron chi connectivity index (χ1n) is 7.86. The Bertz CT molecular complexity index is 672. The molecule has 2 aromatic rings. The number of hydrogen-bond donors (Lipinski definition) is 0. The molecular formula is C21H22O2. The van der Waals surface area contributed by atoms with Gasteiger partial charge in [-0.3, -0.25) is 9.59 Å². The largest absolute Gasteiger partial charge is 0.299 e. The van der Waals surface area contributed by atoms with Crippen LogP contribution in [0.15, 0.2) is 73.3 Å². The van der Waals surface area contributed by atoms with E-state index in [4.69, 9.17) is 0 Å². The zero-order valence-electron chi connectivity index (χ0n) is 13.6.